The van der Waals surface area contributed by atoms with E-state index in [0.717, 1.165) is 4.88 Å². The summed E-state index contributed by atoms with van der Waals surface area (Å²) in [6.07, 6.45) is -0.786. The van der Waals surface area contributed by atoms with Gasteiger partial charge in [0.1, 0.15) is 11.7 Å². The molecule has 0 aliphatic heterocycles. The molecule has 0 radical (unpaired) electrons. The van der Waals surface area contributed by atoms with Crippen LogP contribution in [0.1, 0.15) is 24.8 Å². The van der Waals surface area contributed by atoms with Gasteiger partial charge in [0.25, 0.3) is 0 Å². The van der Waals surface area contributed by atoms with E-state index >= 15 is 0 Å². The summed E-state index contributed by atoms with van der Waals surface area (Å²) in [5.74, 6) is 5.16. The zero-order valence-electron chi connectivity index (χ0n) is 7.61. The maximum atomic E-state index is 9.50. The normalized spacial score (nSPS) is 13.2. The minimum atomic E-state index is -1.04. The van der Waals surface area contributed by atoms with Gasteiger partial charge in [-0.15, -0.1) is 11.3 Å². The summed E-state index contributed by atoms with van der Waals surface area (Å²) >= 11 is 1.45. The van der Waals surface area contributed by atoms with Crippen molar-refractivity contribution in [2.24, 2.45) is 0 Å². The van der Waals surface area contributed by atoms with E-state index in [0.29, 0.717) is 0 Å². The second-order valence-electron chi connectivity index (χ2n) is 3.25. The summed E-state index contributed by atoms with van der Waals surface area (Å²) in [4.78, 5) is 0.803. The third-order valence-corrected chi connectivity index (χ3v) is 2.25. The lowest BCUT2D eigenvalue weighted by molar-refractivity contribution is 0.142. The Labute approximate surface area is 81.8 Å². The van der Waals surface area contributed by atoms with Crippen LogP contribution in [-0.2, 0) is 0 Å². The monoisotopic (exact) mass is 196 g/mol. The number of thiophene rings is 1. The van der Waals surface area contributed by atoms with Gasteiger partial charge in [-0.2, -0.15) is 0 Å². The molecule has 0 bridgehead atoms. The van der Waals surface area contributed by atoms with Gasteiger partial charge in [-0.05, 0) is 25.3 Å². The first-order valence-corrected chi connectivity index (χ1v) is 4.83. The van der Waals surface area contributed by atoms with Crippen molar-refractivity contribution in [3.8, 4) is 11.8 Å². The Morgan fingerprint density at radius 1 is 1.54 bits per heavy atom. The molecule has 0 spiro atoms. The van der Waals surface area contributed by atoms with Gasteiger partial charge in [-0.25, -0.2) is 0 Å². The van der Waals surface area contributed by atoms with Gasteiger partial charge in [0.2, 0.25) is 0 Å². The largest absolute Gasteiger partial charge is 0.378 e. The maximum absolute atomic E-state index is 9.50. The molecule has 1 heterocycles. The molecule has 0 aliphatic carbocycles. The van der Waals surface area contributed by atoms with Crippen molar-refractivity contribution in [2.75, 3.05) is 0 Å². The fourth-order valence-electron chi connectivity index (χ4n) is 0.763. The summed E-state index contributed by atoms with van der Waals surface area (Å²) in [5.41, 5.74) is -1.04. The van der Waals surface area contributed by atoms with Crippen LogP contribution in [0.4, 0.5) is 0 Å². The van der Waals surface area contributed by atoms with Crippen molar-refractivity contribution in [2.45, 2.75) is 25.6 Å². The van der Waals surface area contributed by atoms with Crippen molar-refractivity contribution in [1.29, 1.82) is 0 Å². The highest BCUT2D eigenvalue weighted by molar-refractivity contribution is 7.10. The van der Waals surface area contributed by atoms with E-state index in [2.05, 4.69) is 11.8 Å². The minimum absolute atomic E-state index is 0.786. The molecular formula is C10H12O2S. The van der Waals surface area contributed by atoms with Crippen LogP contribution in [0.5, 0.6) is 0 Å². The predicted molar refractivity (Wildman–Crippen MR) is 53.4 cm³/mol. The lowest BCUT2D eigenvalue weighted by Crippen LogP contribution is -2.15. The van der Waals surface area contributed by atoms with Gasteiger partial charge in [0, 0.05) is 4.88 Å². The third-order valence-electron chi connectivity index (χ3n) is 1.33. The molecular weight excluding hydrogens is 184 g/mol. The van der Waals surface area contributed by atoms with E-state index in [1.807, 2.05) is 17.5 Å². The van der Waals surface area contributed by atoms with Crippen LogP contribution in [0, 0.1) is 11.8 Å². The quantitative estimate of drug-likeness (QED) is 0.669. The Morgan fingerprint density at radius 3 is 2.69 bits per heavy atom. The molecule has 0 fully saturated rings. The summed E-state index contributed by atoms with van der Waals surface area (Å²) in [7, 11) is 0. The Hall–Kier alpha value is -0.820. The first-order chi connectivity index (χ1) is 5.99. The van der Waals surface area contributed by atoms with Crippen LogP contribution in [0.25, 0.3) is 0 Å². The molecule has 0 amide bonds. The van der Waals surface area contributed by atoms with Crippen molar-refractivity contribution in [1.82, 2.24) is 0 Å². The standard InChI is InChI=1S/C10H12O2S/c1-10(2,12)6-5-8(11)9-4-3-7-13-9/h3-4,7-8,11-12H,1-2H3/t8-/m0/s1. The van der Waals surface area contributed by atoms with Crippen molar-refractivity contribution in [3.63, 3.8) is 0 Å². The van der Waals surface area contributed by atoms with E-state index in [-0.39, 0.29) is 0 Å². The van der Waals surface area contributed by atoms with Crippen LogP contribution in [0.15, 0.2) is 17.5 Å². The Balaban J connectivity index is 2.69. The number of hydrogen-bond donors (Lipinski definition) is 2. The van der Waals surface area contributed by atoms with Crippen molar-refractivity contribution < 1.29 is 10.2 Å². The van der Waals surface area contributed by atoms with E-state index < -0.39 is 11.7 Å². The second-order valence-corrected chi connectivity index (χ2v) is 4.23. The summed E-state index contributed by atoms with van der Waals surface area (Å²) < 4.78 is 0. The first kappa shape index (κ1) is 10.3. The highest BCUT2D eigenvalue weighted by Crippen LogP contribution is 2.17. The molecule has 1 aromatic rings. The summed E-state index contributed by atoms with van der Waals surface area (Å²) in [5, 5.41) is 20.7. The summed E-state index contributed by atoms with van der Waals surface area (Å²) in [6.45, 7) is 3.17. The van der Waals surface area contributed by atoms with E-state index in [4.69, 9.17) is 0 Å². The molecule has 2 nitrogen and oxygen atoms in total. The maximum Gasteiger partial charge on any atom is 0.149 e. The van der Waals surface area contributed by atoms with E-state index in [9.17, 15) is 10.2 Å². The van der Waals surface area contributed by atoms with Gasteiger partial charge in [0.05, 0.1) is 0 Å². The van der Waals surface area contributed by atoms with Crippen LogP contribution in [0.3, 0.4) is 0 Å². The molecule has 2 N–H and O–H groups in total. The second kappa shape index (κ2) is 3.93. The average molecular weight is 196 g/mol. The number of aliphatic hydroxyl groups excluding tert-OH is 1. The molecule has 0 saturated heterocycles. The fourth-order valence-corrected chi connectivity index (χ4v) is 1.42. The molecule has 0 aliphatic rings. The van der Waals surface area contributed by atoms with Gasteiger partial charge >= 0.3 is 0 Å². The highest BCUT2D eigenvalue weighted by Gasteiger charge is 2.08. The van der Waals surface area contributed by atoms with Gasteiger partial charge in [-0.1, -0.05) is 17.9 Å². The topological polar surface area (TPSA) is 40.5 Å². The van der Waals surface area contributed by atoms with E-state index in [1.54, 1.807) is 13.8 Å². The molecule has 0 saturated carbocycles. The van der Waals surface area contributed by atoms with Crippen LogP contribution >= 0.6 is 11.3 Å². The van der Waals surface area contributed by atoms with Crippen molar-refractivity contribution >= 4 is 11.3 Å². The van der Waals surface area contributed by atoms with Crippen LogP contribution in [-0.4, -0.2) is 15.8 Å². The highest BCUT2D eigenvalue weighted by atomic mass is 32.1. The van der Waals surface area contributed by atoms with Crippen LogP contribution < -0.4 is 0 Å². The van der Waals surface area contributed by atoms with Gasteiger partial charge in [-0.3, -0.25) is 0 Å². The fraction of sp³-hybridized carbons (Fsp3) is 0.400. The van der Waals surface area contributed by atoms with Gasteiger partial charge in [0.15, 0.2) is 0 Å². The number of rotatable bonds is 1. The zero-order chi connectivity index (χ0) is 9.90. The molecule has 1 aromatic heterocycles. The third kappa shape index (κ3) is 3.60. The number of aliphatic hydroxyl groups is 2. The first-order valence-electron chi connectivity index (χ1n) is 3.95. The molecule has 0 aromatic carbocycles. The Kier molecular flexibility index (Phi) is 3.10. The smallest absolute Gasteiger partial charge is 0.149 e. The minimum Gasteiger partial charge on any atom is -0.378 e. The SMILES string of the molecule is CC(C)(O)C#C[C@H](O)c1cccs1. The van der Waals surface area contributed by atoms with E-state index in [1.165, 1.54) is 11.3 Å². The molecule has 1 atom stereocenters. The Bertz CT molecular complexity index is 311. The summed E-state index contributed by atoms with van der Waals surface area (Å²) in [6, 6.07) is 3.67. The van der Waals surface area contributed by atoms with Crippen molar-refractivity contribution in [3.05, 3.63) is 22.4 Å². The lowest BCUT2D eigenvalue weighted by Gasteiger charge is -2.07. The zero-order valence-corrected chi connectivity index (χ0v) is 8.43. The lowest BCUT2D eigenvalue weighted by atomic mass is 10.1. The molecule has 0 unspecified atom stereocenters. The average Bonchev–Trinajstić information content (AvgIpc) is 2.50. The molecule has 13 heavy (non-hydrogen) atoms. The predicted octanol–water partition coefficient (Wildman–Crippen LogP) is 1.56. The van der Waals surface area contributed by atoms with Crippen LogP contribution in [0.2, 0.25) is 0 Å². The molecule has 1 rings (SSSR count). The van der Waals surface area contributed by atoms with Gasteiger partial charge < -0.3 is 10.2 Å². The molecule has 70 valence electrons. The number of hydrogen-bond acceptors (Lipinski definition) is 3. The Morgan fingerprint density at radius 2 is 2.23 bits per heavy atom. The molecule has 3 heteroatoms.